The predicted octanol–water partition coefficient (Wildman–Crippen LogP) is 5.27. The molecular weight excluding hydrogens is 480 g/mol. The van der Waals surface area contributed by atoms with Crippen LogP contribution in [0.2, 0.25) is 0 Å². The summed E-state index contributed by atoms with van der Waals surface area (Å²) >= 11 is 1.24. The van der Waals surface area contributed by atoms with Crippen LogP contribution in [0.5, 0.6) is 11.5 Å². The second-order valence-corrected chi connectivity index (χ2v) is 8.64. The lowest BCUT2D eigenvalue weighted by atomic mass is 10.1. The Hall–Kier alpha value is -4.04. The Bertz CT molecular complexity index is 1230. The molecular formula is C28H26O7S. The van der Waals surface area contributed by atoms with Gasteiger partial charge in [-0.1, -0.05) is 30.3 Å². The Labute approximate surface area is 213 Å². The number of hydrogen-bond acceptors (Lipinski definition) is 7. The van der Waals surface area contributed by atoms with Crippen molar-refractivity contribution in [2.75, 3.05) is 20.0 Å². The highest BCUT2D eigenvalue weighted by molar-refractivity contribution is 7.99. The fourth-order valence-electron chi connectivity index (χ4n) is 3.26. The van der Waals surface area contributed by atoms with E-state index in [0.29, 0.717) is 35.0 Å². The molecule has 0 radical (unpaired) electrons. The van der Waals surface area contributed by atoms with Crippen molar-refractivity contribution in [3.05, 3.63) is 101 Å². The van der Waals surface area contributed by atoms with Gasteiger partial charge in [0, 0.05) is 16.9 Å². The van der Waals surface area contributed by atoms with E-state index in [1.165, 1.54) is 32.1 Å². The van der Waals surface area contributed by atoms with Crippen molar-refractivity contribution < 1.29 is 33.7 Å². The normalized spacial score (nSPS) is 10.7. The zero-order chi connectivity index (χ0) is 25.9. The van der Waals surface area contributed by atoms with Crippen LogP contribution in [0.25, 0.3) is 6.08 Å². The lowest BCUT2D eigenvalue weighted by molar-refractivity contribution is -0.133. The van der Waals surface area contributed by atoms with E-state index < -0.39 is 5.97 Å². The number of aliphatic carboxylic acids is 1. The molecule has 0 saturated carbocycles. The van der Waals surface area contributed by atoms with Gasteiger partial charge in [0.25, 0.3) is 0 Å². The molecule has 0 aliphatic heterocycles. The van der Waals surface area contributed by atoms with Gasteiger partial charge < -0.3 is 19.3 Å². The van der Waals surface area contributed by atoms with E-state index in [-0.39, 0.29) is 17.5 Å². The van der Waals surface area contributed by atoms with Gasteiger partial charge in [-0.05, 0) is 59.7 Å². The van der Waals surface area contributed by atoms with Gasteiger partial charge in [-0.15, -0.1) is 11.8 Å². The first kappa shape index (κ1) is 26.6. The van der Waals surface area contributed by atoms with Crippen molar-refractivity contribution >= 4 is 35.6 Å². The van der Waals surface area contributed by atoms with Crippen LogP contribution in [-0.2, 0) is 21.9 Å². The van der Waals surface area contributed by atoms with Gasteiger partial charge in [0.05, 0.1) is 25.5 Å². The van der Waals surface area contributed by atoms with E-state index in [0.717, 1.165) is 16.7 Å². The van der Waals surface area contributed by atoms with E-state index in [1.807, 2.05) is 36.4 Å². The van der Waals surface area contributed by atoms with Crippen molar-refractivity contribution in [3.63, 3.8) is 0 Å². The van der Waals surface area contributed by atoms with E-state index in [4.69, 9.17) is 19.3 Å². The van der Waals surface area contributed by atoms with E-state index in [2.05, 4.69) is 0 Å². The van der Waals surface area contributed by atoms with Crippen LogP contribution in [0.3, 0.4) is 0 Å². The van der Waals surface area contributed by atoms with Gasteiger partial charge in [-0.2, -0.15) is 0 Å². The van der Waals surface area contributed by atoms with Crippen LogP contribution in [0.15, 0.2) is 72.8 Å². The molecule has 0 unspecified atom stereocenters. The number of thioether (sulfide) groups is 1. The molecule has 3 aromatic rings. The van der Waals surface area contributed by atoms with Gasteiger partial charge >= 0.3 is 11.9 Å². The molecule has 0 heterocycles. The zero-order valence-corrected chi connectivity index (χ0v) is 20.7. The molecule has 3 rings (SSSR count). The monoisotopic (exact) mass is 506 g/mol. The number of methoxy groups -OCH3 is 2. The van der Waals surface area contributed by atoms with Crippen molar-refractivity contribution in [3.8, 4) is 11.5 Å². The molecule has 36 heavy (non-hydrogen) atoms. The molecule has 3 aromatic carbocycles. The van der Waals surface area contributed by atoms with Crippen molar-refractivity contribution in [1.29, 1.82) is 0 Å². The highest BCUT2D eigenvalue weighted by Crippen LogP contribution is 2.25. The molecule has 7 nitrogen and oxygen atoms in total. The Morgan fingerprint density at radius 3 is 2.25 bits per heavy atom. The molecule has 0 amide bonds. The number of carboxylic acid groups (broad SMARTS) is 1. The van der Waals surface area contributed by atoms with Crippen LogP contribution in [0, 0.1) is 0 Å². The third-order valence-electron chi connectivity index (χ3n) is 5.14. The SMILES string of the molecule is COC(=O)c1ccc(COc2ccc(/C=C/C(=O)c3ccc(OC)c(CSCC(=O)O)c3)cc2)cc1. The summed E-state index contributed by atoms with van der Waals surface area (Å²) in [5.41, 5.74) is 3.50. The summed E-state index contributed by atoms with van der Waals surface area (Å²) in [7, 11) is 2.88. The van der Waals surface area contributed by atoms with Crippen molar-refractivity contribution in [2.45, 2.75) is 12.4 Å². The van der Waals surface area contributed by atoms with Gasteiger partial charge in [0.2, 0.25) is 0 Å². The van der Waals surface area contributed by atoms with E-state index in [9.17, 15) is 14.4 Å². The molecule has 0 aliphatic carbocycles. The quantitative estimate of drug-likeness (QED) is 0.201. The Morgan fingerprint density at radius 1 is 0.917 bits per heavy atom. The first-order valence-electron chi connectivity index (χ1n) is 11.0. The largest absolute Gasteiger partial charge is 0.496 e. The summed E-state index contributed by atoms with van der Waals surface area (Å²) in [5, 5.41) is 8.83. The van der Waals surface area contributed by atoms with Gasteiger partial charge in [-0.3, -0.25) is 9.59 Å². The number of carbonyl (C=O) groups is 3. The number of carbonyl (C=O) groups excluding carboxylic acids is 2. The minimum absolute atomic E-state index is 0.0252. The summed E-state index contributed by atoms with van der Waals surface area (Å²) in [6, 6.07) is 19.5. The Morgan fingerprint density at radius 2 is 1.61 bits per heavy atom. The number of ether oxygens (including phenoxy) is 3. The molecule has 0 aromatic heterocycles. The Kier molecular flexibility index (Phi) is 9.71. The molecule has 1 N–H and O–H groups in total. The molecule has 0 spiro atoms. The predicted molar refractivity (Wildman–Crippen MR) is 139 cm³/mol. The first-order valence-corrected chi connectivity index (χ1v) is 12.1. The maximum absolute atomic E-state index is 12.7. The van der Waals surface area contributed by atoms with Crippen LogP contribution in [0.1, 0.15) is 37.4 Å². The average molecular weight is 507 g/mol. The molecule has 0 atom stereocenters. The number of rotatable bonds is 12. The van der Waals surface area contributed by atoms with Gasteiger partial charge in [0.1, 0.15) is 18.1 Å². The summed E-state index contributed by atoms with van der Waals surface area (Å²) in [4.78, 5) is 35.0. The highest BCUT2D eigenvalue weighted by atomic mass is 32.2. The van der Waals surface area contributed by atoms with Crippen LogP contribution in [0.4, 0.5) is 0 Å². The first-order chi connectivity index (χ1) is 17.4. The smallest absolute Gasteiger partial charge is 0.337 e. The maximum Gasteiger partial charge on any atom is 0.337 e. The van der Waals surface area contributed by atoms with Crippen molar-refractivity contribution in [1.82, 2.24) is 0 Å². The second-order valence-electron chi connectivity index (χ2n) is 7.66. The van der Waals surface area contributed by atoms with E-state index in [1.54, 1.807) is 36.4 Å². The second kappa shape index (κ2) is 13.2. The number of esters is 1. The molecule has 0 saturated heterocycles. The average Bonchev–Trinajstić information content (AvgIpc) is 2.90. The fraction of sp³-hybridized carbons (Fsp3) is 0.179. The molecule has 0 bridgehead atoms. The lowest BCUT2D eigenvalue weighted by Crippen LogP contribution is -2.02. The summed E-state index contributed by atoms with van der Waals surface area (Å²) in [5.74, 6) is 0.252. The molecule has 0 aliphatic rings. The van der Waals surface area contributed by atoms with Gasteiger partial charge in [0.15, 0.2) is 5.78 Å². The minimum Gasteiger partial charge on any atom is -0.496 e. The summed E-state index contributed by atoms with van der Waals surface area (Å²) < 4.78 is 15.8. The number of hydrogen-bond donors (Lipinski definition) is 1. The topological polar surface area (TPSA) is 99.1 Å². The number of ketones is 1. The number of allylic oxidation sites excluding steroid dienone is 1. The Balaban J connectivity index is 1.57. The third kappa shape index (κ3) is 7.74. The number of carboxylic acids is 1. The van der Waals surface area contributed by atoms with Crippen LogP contribution >= 0.6 is 11.8 Å². The number of benzene rings is 3. The highest BCUT2D eigenvalue weighted by Gasteiger charge is 2.10. The molecule has 0 fully saturated rings. The van der Waals surface area contributed by atoms with Gasteiger partial charge in [-0.25, -0.2) is 4.79 Å². The molecule has 8 heteroatoms. The molecule has 186 valence electrons. The van der Waals surface area contributed by atoms with Crippen LogP contribution in [-0.4, -0.2) is 42.8 Å². The summed E-state index contributed by atoms with van der Waals surface area (Å²) in [6.45, 7) is 0.347. The van der Waals surface area contributed by atoms with Crippen molar-refractivity contribution in [2.24, 2.45) is 0 Å². The van der Waals surface area contributed by atoms with E-state index >= 15 is 0 Å². The lowest BCUT2D eigenvalue weighted by Gasteiger charge is -2.09. The fourth-order valence-corrected chi connectivity index (χ4v) is 3.98. The zero-order valence-electron chi connectivity index (χ0n) is 19.9. The minimum atomic E-state index is -0.889. The third-order valence-corrected chi connectivity index (χ3v) is 6.10. The van der Waals surface area contributed by atoms with Crippen LogP contribution < -0.4 is 9.47 Å². The standard InChI is InChI=1S/C28H26O7S/c1-33-26-14-10-22(15-23(26)17-36-18-27(30)31)25(29)13-7-19-5-11-24(12-6-19)35-16-20-3-8-21(9-4-20)28(32)34-2/h3-15H,16-18H2,1-2H3,(H,30,31)/b13-7+. The maximum atomic E-state index is 12.7. The summed E-state index contributed by atoms with van der Waals surface area (Å²) in [6.07, 6.45) is 3.22.